The molecule has 0 aromatic carbocycles. The van der Waals surface area contributed by atoms with E-state index in [1.807, 2.05) is 13.8 Å². The fourth-order valence-corrected chi connectivity index (χ4v) is 1.74. The molecule has 6 nitrogen and oxygen atoms in total. The van der Waals surface area contributed by atoms with Gasteiger partial charge in [0.1, 0.15) is 5.69 Å². The Bertz CT molecular complexity index is 624. The Kier molecular flexibility index (Phi) is 3.50. The van der Waals surface area contributed by atoms with E-state index in [1.54, 1.807) is 10.7 Å². The molecule has 2 aromatic heterocycles. The van der Waals surface area contributed by atoms with Crippen LogP contribution in [0.25, 0.3) is 0 Å². The van der Waals surface area contributed by atoms with E-state index in [-0.39, 0.29) is 17.3 Å². The average molecular weight is 262 g/mol. The van der Waals surface area contributed by atoms with Crippen LogP contribution in [0.3, 0.4) is 0 Å². The predicted molar refractivity (Wildman–Crippen MR) is 66.1 cm³/mol. The summed E-state index contributed by atoms with van der Waals surface area (Å²) in [6.07, 6.45) is 0. The number of ether oxygens (including phenoxy) is 1. The third kappa shape index (κ3) is 2.42. The van der Waals surface area contributed by atoms with Crippen molar-refractivity contribution in [2.75, 3.05) is 7.11 Å². The van der Waals surface area contributed by atoms with E-state index in [0.717, 1.165) is 5.69 Å². The zero-order chi connectivity index (χ0) is 14.0. The minimum Gasteiger partial charge on any atom is -0.463 e. The quantitative estimate of drug-likeness (QED) is 0.620. The summed E-state index contributed by atoms with van der Waals surface area (Å²) in [6.45, 7) is 4.50. The van der Waals surface area contributed by atoms with E-state index >= 15 is 0 Å². The Hall–Kier alpha value is -2.37. The molecule has 19 heavy (non-hydrogen) atoms. The van der Waals surface area contributed by atoms with Crippen LogP contribution in [-0.4, -0.2) is 28.6 Å². The minimum absolute atomic E-state index is 0.00232. The highest BCUT2D eigenvalue weighted by Crippen LogP contribution is 2.14. The van der Waals surface area contributed by atoms with Gasteiger partial charge in [0.25, 0.3) is 0 Å². The van der Waals surface area contributed by atoms with Gasteiger partial charge in [-0.2, -0.15) is 5.10 Å². The largest absolute Gasteiger partial charge is 0.463 e. The molecule has 0 amide bonds. The number of nitrogens with zero attached hydrogens (tertiary/aromatic N) is 2. The highest BCUT2D eigenvalue weighted by Gasteiger charge is 2.20. The number of carbonyl (C=O) groups excluding carboxylic acids is 2. The first kappa shape index (κ1) is 13.1. The van der Waals surface area contributed by atoms with Gasteiger partial charge in [0.15, 0.2) is 5.76 Å². The molecule has 0 atom stereocenters. The Labute approximate surface area is 110 Å². The predicted octanol–water partition coefficient (Wildman–Crippen LogP) is 1.82. The molecule has 6 heteroatoms. The van der Waals surface area contributed by atoms with Crippen molar-refractivity contribution < 1.29 is 18.7 Å². The van der Waals surface area contributed by atoms with Crippen LogP contribution in [0.5, 0.6) is 0 Å². The first-order chi connectivity index (χ1) is 9.06. The molecule has 0 unspecified atom stereocenters. The van der Waals surface area contributed by atoms with Gasteiger partial charge >= 0.3 is 5.97 Å². The lowest BCUT2D eigenvalue weighted by Crippen LogP contribution is -2.04. The van der Waals surface area contributed by atoms with Crippen LogP contribution in [0.1, 0.15) is 39.4 Å². The fourth-order valence-electron chi connectivity index (χ4n) is 1.74. The molecule has 2 aromatic rings. The summed E-state index contributed by atoms with van der Waals surface area (Å²) in [7, 11) is 1.25. The zero-order valence-corrected chi connectivity index (χ0v) is 11.0. The van der Waals surface area contributed by atoms with Crippen LogP contribution in [-0.2, 0) is 11.3 Å². The number of carbonyl (C=O) groups is 2. The van der Waals surface area contributed by atoms with E-state index in [0.29, 0.717) is 12.2 Å². The van der Waals surface area contributed by atoms with Crippen molar-refractivity contribution in [3.8, 4) is 0 Å². The summed E-state index contributed by atoms with van der Waals surface area (Å²) in [4.78, 5) is 23.4. The van der Waals surface area contributed by atoms with Gasteiger partial charge in [0.2, 0.25) is 11.5 Å². The Morgan fingerprint density at radius 1 is 1.37 bits per heavy atom. The first-order valence-corrected chi connectivity index (χ1v) is 5.84. The van der Waals surface area contributed by atoms with Crippen molar-refractivity contribution in [2.24, 2.45) is 0 Å². The fraction of sp³-hybridized carbons (Fsp3) is 0.308. The summed E-state index contributed by atoms with van der Waals surface area (Å²) in [6, 6.07) is 4.53. The Morgan fingerprint density at radius 2 is 2.05 bits per heavy atom. The molecule has 2 rings (SSSR count). The lowest BCUT2D eigenvalue weighted by Gasteiger charge is -1.96. The number of hydrogen-bond donors (Lipinski definition) is 0. The Balaban J connectivity index is 2.28. The molecule has 0 aliphatic heterocycles. The van der Waals surface area contributed by atoms with Crippen LogP contribution >= 0.6 is 0 Å². The zero-order valence-electron chi connectivity index (χ0n) is 11.0. The molecular weight excluding hydrogens is 248 g/mol. The topological polar surface area (TPSA) is 74.3 Å². The van der Waals surface area contributed by atoms with E-state index in [1.165, 1.54) is 19.2 Å². The van der Waals surface area contributed by atoms with Crippen molar-refractivity contribution in [1.82, 2.24) is 9.78 Å². The minimum atomic E-state index is -0.616. The SMILES string of the molecule is CCn1nc(C(=O)c2ccc(C(=O)OC)o2)cc1C. The third-order valence-corrected chi connectivity index (χ3v) is 2.73. The van der Waals surface area contributed by atoms with Crippen molar-refractivity contribution in [3.05, 3.63) is 41.1 Å². The van der Waals surface area contributed by atoms with Gasteiger partial charge in [0.05, 0.1) is 7.11 Å². The maximum Gasteiger partial charge on any atom is 0.373 e. The van der Waals surface area contributed by atoms with Gasteiger partial charge in [-0.25, -0.2) is 4.79 Å². The monoisotopic (exact) mass is 262 g/mol. The van der Waals surface area contributed by atoms with Crippen molar-refractivity contribution in [3.63, 3.8) is 0 Å². The molecule has 100 valence electrons. The van der Waals surface area contributed by atoms with Gasteiger partial charge in [-0.1, -0.05) is 0 Å². The lowest BCUT2D eigenvalue weighted by molar-refractivity contribution is 0.0563. The number of furan rings is 1. The third-order valence-electron chi connectivity index (χ3n) is 2.73. The van der Waals surface area contributed by atoms with Crippen molar-refractivity contribution >= 4 is 11.8 Å². The van der Waals surface area contributed by atoms with Gasteiger partial charge in [-0.15, -0.1) is 0 Å². The molecule has 2 heterocycles. The summed E-state index contributed by atoms with van der Waals surface area (Å²) in [5, 5.41) is 4.17. The van der Waals surface area contributed by atoms with Gasteiger partial charge in [-0.3, -0.25) is 9.48 Å². The second-order valence-corrected chi connectivity index (χ2v) is 3.97. The standard InChI is InChI=1S/C13H14N2O4/c1-4-15-8(2)7-9(14-15)12(16)10-5-6-11(19-10)13(17)18-3/h5-7H,4H2,1-3H3. The molecule has 0 N–H and O–H groups in total. The number of ketones is 1. The highest BCUT2D eigenvalue weighted by molar-refractivity contribution is 6.06. The van der Waals surface area contributed by atoms with Gasteiger partial charge in [-0.05, 0) is 32.0 Å². The number of aromatic nitrogens is 2. The number of hydrogen-bond acceptors (Lipinski definition) is 5. The maximum atomic E-state index is 12.1. The molecule has 0 aliphatic rings. The van der Waals surface area contributed by atoms with E-state index in [4.69, 9.17) is 4.42 Å². The number of methoxy groups -OCH3 is 1. The van der Waals surface area contributed by atoms with Crippen LogP contribution < -0.4 is 0 Å². The van der Waals surface area contributed by atoms with E-state index < -0.39 is 5.97 Å². The number of esters is 1. The second-order valence-electron chi connectivity index (χ2n) is 3.97. The molecule has 0 spiro atoms. The summed E-state index contributed by atoms with van der Waals surface area (Å²) >= 11 is 0. The summed E-state index contributed by atoms with van der Waals surface area (Å²) in [5.41, 5.74) is 1.19. The summed E-state index contributed by atoms with van der Waals surface area (Å²) in [5.74, 6) is -0.904. The van der Waals surface area contributed by atoms with Crippen molar-refractivity contribution in [2.45, 2.75) is 20.4 Å². The van der Waals surface area contributed by atoms with Crippen molar-refractivity contribution in [1.29, 1.82) is 0 Å². The molecular formula is C13H14N2O4. The van der Waals surface area contributed by atoms with Crippen LogP contribution in [0.2, 0.25) is 0 Å². The van der Waals surface area contributed by atoms with E-state index in [9.17, 15) is 9.59 Å². The first-order valence-electron chi connectivity index (χ1n) is 5.84. The molecule has 0 bridgehead atoms. The molecule has 0 radical (unpaired) electrons. The Morgan fingerprint density at radius 3 is 2.63 bits per heavy atom. The van der Waals surface area contributed by atoms with Crippen LogP contribution in [0, 0.1) is 6.92 Å². The normalized spacial score (nSPS) is 10.5. The molecule has 0 saturated heterocycles. The average Bonchev–Trinajstić information content (AvgIpc) is 3.03. The highest BCUT2D eigenvalue weighted by atomic mass is 16.5. The molecule has 0 aliphatic carbocycles. The molecule has 0 fully saturated rings. The number of rotatable bonds is 4. The summed E-state index contributed by atoms with van der Waals surface area (Å²) < 4.78 is 11.4. The van der Waals surface area contributed by atoms with Crippen LogP contribution in [0.4, 0.5) is 0 Å². The maximum absolute atomic E-state index is 12.1. The lowest BCUT2D eigenvalue weighted by atomic mass is 10.2. The molecule has 0 saturated carbocycles. The van der Waals surface area contributed by atoms with E-state index in [2.05, 4.69) is 9.84 Å². The van der Waals surface area contributed by atoms with Gasteiger partial charge < -0.3 is 9.15 Å². The smallest absolute Gasteiger partial charge is 0.373 e. The second kappa shape index (κ2) is 5.09. The van der Waals surface area contributed by atoms with Gasteiger partial charge in [0, 0.05) is 12.2 Å². The van der Waals surface area contributed by atoms with Crippen LogP contribution in [0.15, 0.2) is 22.6 Å². The number of aryl methyl sites for hydroxylation is 2.